The van der Waals surface area contributed by atoms with Crippen molar-refractivity contribution in [1.29, 1.82) is 0 Å². The molecule has 1 aliphatic rings. The van der Waals surface area contributed by atoms with Crippen LogP contribution >= 0.6 is 0 Å². The zero-order chi connectivity index (χ0) is 25.8. The number of aliphatic hydroxyl groups is 2. The van der Waals surface area contributed by atoms with Gasteiger partial charge in [0.15, 0.2) is 5.69 Å². The van der Waals surface area contributed by atoms with E-state index in [1.807, 2.05) is 0 Å². The molecule has 0 saturated carbocycles. The van der Waals surface area contributed by atoms with Gasteiger partial charge in [0, 0.05) is 5.56 Å². The highest BCUT2D eigenvalue weighted by atomic mass is 19.4. The summed E-state index contributed by atoms with van der Waals surface area (Å²) in [6, 6.07) is 3.19. The van der Waals surface area contributed by atoms with Crippen LogP contribution in [0.25, 0.3) is 11.6 Å². The number of pyridine rings is 1. The third kappa shape index (κ3) is 4.31. The molecule has 2 unspecified atom stereocenters. The van der Waals surface area contributed by atoms with E-state index in [9.17, 15) is 40.9 Å². The van der Waals surface area contributed by atoms with Gasteiger partial charge in [-0.3, -0.25) is 0 Å². The van der Waals surface area contributed by atoms with Crippen LogP contribution in [0.5, 0.6) is 0 Å². The Morgan fingerprint density at radius 2 is 1.77 bits per heavy atom. The lowest BCUT2D eigenvalue weighted by Crippen LogP contribution is -2.44. The van der Waals surface area contributed by atoms with Gasteiger partial charge in [0.2, 0.25) is 0 Å². The van der Waals surface area contributed by atoms with Crippen LogP contribution in [-0.2, 0) is 18.2 Å². The third-order valence-corrected chi connectivity index (χ3v) is 5.66. The van der Waals surface area contributed by atoms with Crippen molar-refractivity contribution in [3.8, 4) is 11.6 Å². The highest BCUT2D eigenvalue weighted by molar-refractivity contribution is 5.67. The number of aryl methyl sites for hydroxylation is 1. The molecule has 3 heterocycles. The van der Waals surface area contributed by atoms with Crippen LogP contribution in [0.15, 0.2) is 28.7 Å². The lowest BCUT2D eigenvalue weighted by molar-refractivity contribution is -0.256. The Kier molecular flexibility index (Phi) is 6.00. The van der Waals surface area contributed by atoms with E-state index in [4.69, 9.17) is 10.2 Å². The maximum Gasteiger partial charge on any atom is 0.430 e. The molecule has 188 valence electrons. The summed E-state index contributed by atoms with van der Waals surface area (Å²) in [7, 11) is 0. The number of nitrogens with zero attached hydrogens (tertiary/aromatic N) is 3. The molecule has 2 atom stereocenters. The first-order valence-corrected chi connectivity index (χ1v) is 10.2. The third-order valence-electron chi connectivity index (χ3n) is 5.66. The molecule has 0 radical (unpaired) electrons. The number of fused-ring (bicyclic) bond motifs is 7. The minimum atomic E-state index is -5.54. The number of benzene rings is 1. The Labute approximate surface area is 192 Å². The zero-order valence-electron chi connectivity index (χ0n) is 17.6. The minimum Gasteiger partial charge on any atom is -0.415 e. The van der Waals surface area contributed by atoms with Crippen molar-refractivity contribution in [2.24, 2.45) is 0 Å². The first kappa shape index (κ1) is 24.9. The molecule has 0 spiro atoms. The van der Waals surface area contributed by atoms with Crippen LogP contribution in [0.3, 0.4) is 0 Å². The van der Waals surface area contributed by atoms with Crippen molar-refractivity contribution in [3.05, 3.63) is 58.4 Å². The average Bonchev–Trinajstić information content (AvgIpc) is 3.25. The molecule has 0 amide bonds. The predicted octanol–water partition coefficient (Wildman–Crippen LogP) is 4.43. The van der Waals surface area contributed by atoms with E-state index in [0.29, 0.717) is 6.07 Å². The quantitative estimate of drug-likeness (QED) is 0.386. The second kappa shape index (κ2) is 8.45. The van der Waals surface area contributed by atoms with Crippen LogP contribution in [0, 0.1) is 5.82 Å². The highest BCUT2D eigenvalue weighted by Crippen LogP contribution is 2.46. The summed E-state index contributed by atoms with van der Waals surface area (Å²) >= 11 is 0. The van der Waals surface area contributed by atoms with Gasteiger partial charge in [0.1, 0.15) is 5.82 Å². The number of nitrogen functional groups attached to an aromatic ring is 1. The van der Waals surface area contributed by atoms with Gasteiger partial charge in [-0.25, -0.2) is 9.37 Å². The van der Waals surface area contributed by atoms with E-state index in [1.165, 1.54) is 6.07 Å². The summed E-state index contributed by atoms with van der Waals surface area (Å²) in [5.74, 6) is -3.76. The van der Waals surface area contributed by atoms with Gasteiger partial charge >= 0.3 is 12.4 Å². The molecule has 14 heteroatoms. The Morgan fingerprint density at radius 1 is 1.06 bits per heavy atom. The fraction of sp³-hybridized carbons (Fsp3) is 0.381. The second-order valence-electron chi connectivity index (χ2n) is 8.05. The number of hydrogen-bond donors (Lipinski definition) is 3. The number of alkyl halides is 6. The van der Waals surface area contributed by atoms with Gasteiger partial charge in [0.05, 0.1) is 23.0 Å². The van der Waals surface area contributed by atoms with Crippen LogP contribution in [-0.4, -0.2) is 31.6 Å². The molecule has 7 nitrogen and oxygen atoms in total. The summed E-state index contributed by atoms with van der Waals surface area (Å²) in [5, 5.41) is 27.7. The molecule has 4 rings (SSSR count). The lowest BCUT2D eigenvalue weighted by Gasteiger charge is -2.28. The van der Waals surface area contributed by atoms with Crippen molar-refractivity contribution in [2.75, 3.05) is 5.73 Å². The molecule has 6 bridgehead atoms. The fourth-order valence-electron chi connectivity index (χ4n) is 3.86. The summed E-state index contributed by atoms with van der Waals surface area (Å²) in [4.78, 5) is 3.70. The van der Waals surface area contributed by atoms with Gasteiger partial charge in [-0.05, 0) is 43.0 Å². The van der Waals surface area contributed by atoms with Gasteiger partial charge in [-0.2, -0.15) is 26.3 Å². The van der Waals surface area contributed by atoms with E-state index >= 15 is 0 Å². The van der Waals surface area contributed by atoms with Crippen LogP contribution < -0.4 is 5.73 Å². The zero-order valence-corrected chi connectivity index (χ0v) is 17.6. The maximum atomic E-state index is 14.6. The van der Waals surface area contributed by atoms with E-state index in [0.717, 1.165) is 12.1 Å². The maximum absolute atomic E-state index is 14.6. The molecule has 4 N–H and O–H groups in total. The molecular weight excluding hydrogens is 489 g/mol. The number of rotatable bonds is 0. The summed E-state index contributed by atoms with van der Waals surface area (Å²) in [6.07, 6.45) is -11.9. The smallest absolute Gasteiger partial charge is 0.415 e. The number of nitrogens with two attached hydrogens (primary N) is 1. The van der Waals surface area contributed by atoms with Gasteiger partial charge in [-0.1, -0.05) is 12.5 Å². The van der Waals surface area contributed by atoms with Crippen molar-refractivity contribution in [1.82, 2.24) is 15.2 Å². The number of halogens is 7. The molecule has 35 heavy (non-hydrogen) atoms. The second-order valence-corrected chi connectivity index (χ2v) is 8.05. The first-order valence-electron chi connectivity index (χ1n) is 10.2. The highest BCUT2D eigenvalue weighted by Gasteiger charge is 2.61. The summed E-state index contributed by atoms with van der Waals surface area (Å²) in [6.45, 7) is 0. The molecule has 1 aliphatic heterocycles. The minimum absolute atomic E-state index is 0.0789. The molecular formula is C21H17F7N4O3. The summed E-state index contributed by atoms with van der Waals surface area (Å²) in [5.41, 5.74) is -2.91. The van der Waals surface area contributed by atoms with Gasteiger partial charge < -0.3 is 20.4 Å². The number of aromatic nitrogens is 3. The van der Waals surface area contributed by atoms with Crippen molar-refractivity contribution in [3.63, 3.8) is 0 Å². The van der Waals surface area contributed by atoms with E-state index in [-0.39, 0.29) is 31.2 Å². The van der Waals surface area contributed by atoms with Crippen molar-refractivity contribution in [2.45, 2.75) is 49.7 Å². The van der Waals surface area contributed by atoms with E-state index in [2.05, 4.69) is 15.2 Å². The molecule has 0 aliphatic carbocycles. The molecule has 0 fully saturated rings. The topological polar surface area (TPSA) is 118 Å². The van der Waals surface area contributed by atoms with Crippen molar-refractivity contribution >= 4 is 5.69 Å². The number of aliphatic hydroxyl groups excluding tert-OH is 1. The van der Waals surface area contributed by atoms with Gasteiger partial charge in [0.25, 0.3) is 17.4 Å². The average molecular weight is 506 g/mol. The SMILES string of the molecule is Nc1cc(C(F)(F)F)c2nc1-c1nnc(o1)C(O)(C(F)(F)F)c1cc(ccc1F)CCCCC2O. The van der Waals surface area contributed by atoms with E-state index in [1.54, 1.807) is 0 Å². The first-order chi connectivity index (χ1) is 16.2. The summed E-state index contributed by atoms with van der Waals surface area (Å²) < 4.78 is 103. The normalized spacial score (nSPS) is 21.3. The van der Waals surface area contributed by atoms with Crippen molar-refractivity contribution < 1.29 is 45.4 Å². The Balaban J connectivity index is 1.99. The van der Waals surface area contributed by atoms with Crippen LogP contribution in [0.4, 0.5) is 36.4 Å². The van der Waals surface area contributed by atoms with Crippen LogP contribution in [0.2, 0.25) is 0 Å². The monoisotopic (exact) mass is 506 g/mol. The van der Waals surface area contributed by atoms with Gasteiger partial charge in [-0.15, -0.1) is 10.2 Å². The fourth-order valence-corrected chi connectivity index (χ4v) is 3.86. The molecule has 0 saturated heterocycles. The number of anilines is 1. The van der Waals surface area contributed by atoms with Crippen LogP contribution in [0.1, 0.15) is 53.6 Å². The Hall–Kier alpha value is -3.26. The van der Waals surface area contributed by atoms with E-state index < -0.39 is 69.9 Å². The molecule has 2 aromatic heterocycles. The molecule has 3 aromatic rings. The Morgan fingerprint density at radius 3 is 2.43 bits per heavy atom. The standard InChI is InChI=1S/C21H17F7N4O3/c22-12-6-5-9-3-1-2-4-14(33)15-11(20(23,24)25)8-13(29)16(30-15)17-31-32-18(35-17)19(34,10(12)7-9)21(26,27)28/h5-8,14,33-34H,1-4,29H2. The Bertz CT molecular complexity index is 1260. The lowest BCUT2D eigenvalue weighted by atomic mass is 9.90. The predicted molar refractivity (Wildman–Crippen MR) is 105 cm³/mol. The number of hydrogen-bond acceptors (Lipinski definition) is 7. The largest absolute Gasteiger partial charge is 0.430 e. The molecule has 1 aromatic carbocycles.